The number of aliphatic imine (C=N–C) groups is 1. The quantitative estimate of drug-likeness (QED) is 0.274. The number of aromatic nitrogens is 3. The first-order chi connectivity index (χ1) is 13.2. The Morgan fingerprint density at radius 3 is 2.54 bits per heavy atom. The summed E-state index contributed by atoms with van der Waals surface area (Å²) in [4.78, 5) is 4.25. The molecule has 0 atom stereocenters. The summed E-state index contributed by atoms with van der Waals surface area (Å²) in [6.45, 7) is 1.05. The number of benzene rings is 1. The number of rotatable bonds is 6. The van der Waals surface area contributed by atoms with E-state index in [2.05, 4.69) is 41.8 Å². The molecule has 28 heavy (non-hydrogen) atoms. The third-order valence-electron chi connectivity index (χ3n) is 4.02. The summed E-state index contributed by atoms with van der Waals surface area (Å²) in [5.41, 5.74) is 1.83. The molecule has 0 saturated carbocycles. The van der Waals surface area contributed by atoms with Crippen molar-refractivity contribution < 1.29 is 9.47 Å². The van der Waals surface area contributed by atoms with Gasteiger partial charge in [-0.05, 0) is 29.8 Å². The van der Waals surface area contributed by atoms with Crippen molar-refractivity contribution in [2.45, 2.75) is 13.1 Å². The van der Waals surface area contributed by atoms with Gasteiger partial charge in [0.1, 0.15) is 0 Å². The highest BCUT2D eigenvalue weighted by Gasteiger charge is 2.11. The van der Waals surface area contributed by atoms with Crippen molar-refractivity contribution in [1.29, 1.82) is 0 Å². The summed E-state index contributed by atoms with van der Waals surface area (Å²) in [6.07, 6.45) is 1.93. The van der Waals surface area contributed by atoms with Gasteiger partial charge in [-0.3, -0.25) is 9.39 Å². The van der Waals surface area contributed by atoms with Gasteiger partial charge in [-0.25, -0.2) is 0 Å². The van der Waals surface area contributed by atoms with Gasteiger partial charge in [0.15, 0.2) is 28.9 Å². The summed E-state index contributed by atoms with van der Waals surface area (Å²) >= 11 is 3.56. The zero-order chi connectivity index (χ0) is 19.2. The van der Waals surface area contributed by atoms with E-state index in [9.17, 15) is 0 Å². The molecule has 2 aromatic heterocycles. The summed E-state index contributed by atoms with van der Waals surface area (Å²) in [5.74, 6) is 2.81. The van der Waals surface area contributed by atoms with Gasteiger partial charge in [0.2, 0.25) is 0 Å². The largest absolute Gasteiger partial charge is 0.493 e. The topological polar surface area (TPSA) is 85.1 Å². The molecule has 2 N–H and O–H groups in total. The van der Waals surface area contributed by atoms with Crippen molar-refractivity contribution in [2.75, 3.05) is 21.3 Å². The van der Waals surface area contributed by atoms with Gasteiger partial charge >= 0.3 is 0 Å². The average Bonchev–Trinajstić information content (AvgIpc) is 3.12. The Morgan fingerprint density at radius 1 is 1.11 bits per heavy atom. The van der Waals surface area contributed by atoms with Gasteiger partial charge in [0.05, 0.1) is 20.8 Å². The fourth-order valence-corrected chi connectivity index (χ4v) is 3.07. The fourth-order valence-electron chi connectivity index (χ4n) is 2.61. The van der Waals surface area contributed by atoms with Crippen LogP contribution in [0.25, 0.3) is 5.65 Å². The van der Waals surface area contributed by atoms with E-state index in [1.165, 1.54) is 0 Å². The van der Waals surface area contributed by atoms with E-state index in [-0.39, 0.29) is 24.0 Å². The molecule has 3 aromatic rings. The van der Waals surface area contributed by atoms with Gasteiger partial charge in [-0.2, -0.15) is 0 Å². The maximum atomic E-state index is 5.36. The maximum Gasteiger partial charge on any atom is 0.191 e. The molecule has 0 aliphatic carbocycles. The molecule has 0 saturated heterocycles. The van der Waals surface area contributed by atoms with Gasteiger partial charge in [-0.1, -0.05) is 22.0 Å². The molecule has 0 bridgehead atoms. The molecular formula is C18H22BrIN6O2. The van der Waals surface area contributed by atoms with Crippen LogP contribution >= 0.6 is 39.9 Å². The van der Waals surface area contributed by atoms with Crippen LogP contribution in [0, 0.1) is 0 Å². The number of halogens is 2. The average molecular weight is 561 g/mol. The number of nitrogens with one attached hydrogen (secondary N) is 2. The minimum atomic E-state index is 0. The van der Waals surface area contributed by atoms with E-state index in [1.807, 2.05) is 40.9 Å². The van der Waals surface area contributed by atoms with E-state index in [0.717, 1.165) is 21.5 Å². The molecule has 0 spiro atoms. The summed E-state index contributed by atoms with van der Waals surface area (Å²) in [5, 5.41) is 14.9. The predicted octanol–water partition coefficient (Wildman–Crippen LogP) is 2.99. The van der Waals surface area contributed by atoms with E-state index >= 15 is 0 Å². The Morgan fingerprint density at radius 2 is 1.82 bits per heavy atom. The van der Waals surface area contributed by atoms with E-state index in [1.54, 1.807) is 21.3 Å². The number of ether oxygens (including phenoxy) is 2. The standard InChI is InChI=1S/C18H21BrN6O2.HI/c1-20-18(22-11-17-24-23-16-6-4-5-7-25(16)17)21-10-12-8-14(26-2)15(27-3)9-13(12)19;/h4-9H,10-11H2,1-3H3,(H2,20,21,22);1H. The summed E-state index contributed by atoms with van der Waals surface area (Å²) in [7, 11) is 4.95. The second kappa shape index (κ2) is 10.5. The van der Waals surface area contributed by atoms with Crippen LogP contribution in [-0.4, -0.2) is 41.8 Å². The van der Waals surface area contributed by atoms with Crippen molar-refractivity contribution in [1.82, 2.24) is 25.2 Å². The van der Waals surface area contributed by atoms with Crippen molar-refractivity contribution in [2.24, 2.45) is 4.99 Å². The lowest BCUT2D eigenvalue weighted by molar-refractivity contribution is 0.354. The number of fused-ring (bicyclic) bond motifs is 1. The van der Waals surface area contributed by atoms with E-state index in [0.29, 0.717) is 30.5 Å². The lowest BCUT2D eigenvalue weighted by Gasteiger charge is -2.14. The fraction of sp³-hybridized carbons (Fsp3) is 0.278. The molecule has 0 radical (unpaired) electrons. The Hall–Kier alpha value is -2.08. The Bertz CT molecular complexity index is 962. The summed E-state index contributed by atoms with van der Waals surface area (Å²) < 4.78 is 13.5. The number of nitrogens with zero attached hydrogens (tertiary/aromatic N) is 4. The monoisotopic (exact) mass is 560 g/mol. The van der Waals surface area contributed by atoms with Crippen LogP contribution in [0.1, 0.15) is 11.4 Å². The maximum absolute atomic E-state index is 5.36. The number of methoxy groups -OCH3 is 2. The van der Waals surface area contributed by atoms with Crippen LogP contribution < -0.4 is 20.1 Å². The first kappa shape index (κ1) is 22.2. The lowest BCUT2D eigenvalue weighted by Crippen LogP contribution is -2.36. The van der Waals surface area contributed by atoms with Gasteiger partial charge < -0.3 is 20.1 Å². The van der Waals surface area contributed by atoms with Crippen LogP contribution in [0.2, 0.25) is 0 Å². The predicted molar refractivity (Wildman–Crippen MR) is 123 cm³/mol. The molecule has 10 heteroatoms. The molecule has 1 aromatic carbocycles. The highest BCUT2D eigenvalue weighted by atomic mass is 127. The van der Waals surface area contributed by atoms with E-state index in [4.69, 9.17) is 9.47 Å². The Balaban J connectivity index is 0.00000280. The summed E-state index contributed by atoms with van der Waals surface area (Å²) in [6, 6.07) is 9.60. The first-order valence-electron chi connectivity index (χ1n) is 8.29. The van der Waals surface area contributed by atoms with Crippen LogP contribution in [0.3, 0.4) is 0 Å². The van der Waals surface area contributed by atoms with Crippen molar-refractivity contribution >= 4 is 51.5 Å². The molecule has 0 amide bonds. The number of guanidine groups is 1. The van der Waals surface area contributed by atoms with Crippen LogP contribution in [0.4, 0.5) is 0 Å². The molecular weight excluding hydrogens is 539 g/mol. The zero-order valence-electron chi connectivity index (χ0n) is 15.8. The smallest absolute Gasteiger partial charge is 0.191 e. The minimum absolute atomic E-state index is 0. The molecule has 150 valence electrons. The highest BCUT2D eigenvalue weighted by molar-refractivity contribution is 14.0. The van der Waals surface area contributed by atoms with E-state index < -0.39 is 0 Å². The zero-order valence-corrected chi connectivity index (χ0v) is 19.7. The Labute approximate surface area is 188 Å². The van der Waals surface area contributed by atoms with Gasteiger partial charge in [0, 0.05) is 24.3 Å². The molecule has 0 aliphatic rings. The van der Waals surface area contributed by atoms with Gasteiger partial charge in [-0.15, -0.1) is 34.2 Å². The highest BCUT2D eigenvalue weighted by Crippen LogP contribution is 2.33. The first-order valence-corrected chi connectivity index (χ1v) is 9.09. The van der Waals surface area contributed by atoms with Crippen LogP contribution in [0.15, 0.2) is 46.0 Å². The molecule has 0 unspecified atom stereocenters. The second-order valence-electron chi connectivity index (χ2n) is 5.62. The molecule has 8 nitrogen and oxygen atoms in total. The number of hydrogen-bond acceptors (Lipinski definition) is 5. The lowest BCUT2D eigenvalue weighted by atomic mass is 10.2. The Kier molecular flexibility index (Phi) is 8.30. The third kappa shape index (κ3) is 5.04. The van der Waals surface area contributed by atoms with Crippen molar-refractivity contribution in [3.05, 3.63) is 52.4 Å². The third-order valence-corrected chi connectivity index (χ3v) is 4.76. The van der Waals surface area contributed by atoms with Crippen molar-refractivity contribution in [3.63, 3.8) is 0 Å². The van der Waals surface area contributed by atoms with Crippen LogP contribution in [0.5, 0.6) is 11.5 Å². The SMILES string of the molecule is CN=C(NCc1cc(OC)c(OC)cc1Br)NCc1nnc2ccccn12.I. The number of hydrogen-bond donors (Lipinski definition) is 2. The minimum Gasteiger partial charge on any atom is -0.493 e. The van der Waals surface area contributed by atoms with Crippen molar-refractivity contribution in [3.8, 4) is 11.5 Å². The molecule has 2 heterocycles. The van der Waals surface area contributed by atoms with Gasteiger partial charge in [0.25, 0.3) is 0 Å². The second-order valence-corrected chi connectivity index (χ2v) is 6.48. The van der Waals surface area contributed by atoms with Crippen LogP contribution in [-0.2, 0) is 13.1 Å². The molecule has 0 fully saturated rings. The normalized spacial score (nSPS) is 11.1. The number of pyridine rings is 1. The molecule has 0 aliphatic heterocycles. The molecule has 3 rings (SSSR count).